The number of rotatable bonds is 6. The topological polar surface area (TPSA) is 108 Å². The maximum Gasteiger partial charge on any atom is 0.319 e. The van der Waals surface area contributed by atoms with Crippen LogP contribution in [0.25, 0.3) is 0 Å². The Morgan fingerprint density at radius 1 is 1.19 bits per heavy atom. The van der Waals surface area contributed by atoms with Crippen molar-refractivity contribution in [3.8, 4) is 6.07 Å². The maximum absolute atomic E-state index is 12.8. The number of nitrogens with one attached hydrogen (secondary N) is 2. The van der Waals surface area contributed by atoms with Crippen LogP contribution in [-0.2, 0) is 19.1 Å². The van der Waals surface area contributed by atoms with Gasteiger partial charge in [0.15, 0.2) is 0 Å². The Bertz CT molecular complexity index is 1120. The number of allylic oxidation sites excluding steroid dienone is 1. The Morgan fingerprint density at radius 3 is 2.53 bits per heavy atom. The highest BCUT2D eigenvalue weighted by atomic mass is 32.2. The first-order chi connectivity index (χ1) is 15.3. The number of ether oxygens (including phenoxy) is 1. The first kappa shape index (κ1) is 23.1. The van der Waals surface area contributed by atoms with E-state index < -0.39 is 23.7 Å². The van der Waals surface area contributed by atoms with Gasteiger partial charge in [-0.3, -0.25) is 14.4 Å². The van der Waals surface area contributed by atoms with Gasteiger partial charge in [-0.15, -0.1) is 0 Å². The number of carbonyl (C=O) groups is 3. The zero-order valence-electron chi connectivity index (χ0n) is 18.0. The van der Waals surface area contributed by atoms with Crippen LogP contribution < -0.4 is 10.6 Å². The first-order valence-corrected chi connectivity index (χ1v) is 10.9. The van der Waals surface area contributed by atoms with E-state index in [0.717, 1.165) is 22.9 Å². The fourth-order valence-corrected chi connectivity index (χ4v) is 4.47. The minimum Gasteiger partial charge on any atom is -0.468 e. The molecule has 2 N–H and O–H groups in total. The van der Waals surface area contributed by atoms with Crippen molar-refractivity contribution >= 4 is 35.2 Å². The molecule has 1 heterocycles. The van der Waals surface area contributed by atoms with Crippen molar-refractivity contribution in [3.05, 3.63) is 75.8 Å². The highest BCUT2D eigenvalue weighted by molar-refractivity contribution is 8.03. The second kappa shape index (κ2) is 10.2. The van der Waals surface area contributed by atoms with Crippen LogP contribution in [0.3, 0.4) is 0 Å². The largest absolute Gasteiger partial charge is 0.468 e. The Hall–Kier alpha value is -3.57. The minimum atomic E-state index is -1.19. The van der Waals surface area contributed by atoms with Crippen molar-refractivity contribution in [1.29, 1.82) is 5.26 Å². The Kier molecular flexibility index (Phi) is 7.33. The molecule has 32 heavy (non-hydrogen) atoms. The Balaban J connectivity index is 1.86. The van der Waals surface area contributed by atoms with Crippen molar-refractivity contribution in [1.82, 2.24) is 5.32 Å². The molecular weight excluding hydrogens is 426 g/mol. The van der Waals surface area contributed by atoms with Crippen LogP contribution in [0.1, 0.15) is 22.6 Å². The molecule has 0 spiro atoms. The molecule has 0 radical (unpaired) electrons. The lowest BCUT2D eigenvalue weighted by molar-refractivity contribution is -0.150. The lowest BCUT2D eigenvalue weighted by atomic mass is 9.78. The van der Waals surface area contributed by atoms with E-state index in [-0.39, 0.29) is 22.3 Å². The molecule has 2 aromatic rings. The van der Waals surface area contributed by atoms with Crippen molar-refractivity contribution < 1.29 is 19.1 Å². The number of nitriles is 1. The predicted octanol–water partition coefficient (Wildman–Crippen LogP) is 3.41. The van der Waals surface area contributed by atoms with Crippen molar-refractivity contribution in [2.75, 3.05) is 18.2 Å². The molecule has 7 nitrogen and oxygen atoms in total. The summed E-state index contributed by atoms with van der Waals surface area (Å²) < 4.78 is 4.82. The number of aryl methyl sites for hydroxylation is 2. The second-order valence-electron chi connectivity index (χ2n) is 7.39. The van der Waals surface area contributed by atoms with Crippen molar-refractivity contribution in [2.24, 2.45) is 5.92 Å². The van der Waals surface area contributed by atoms with Crippen LogP contribution >= 0.6 is 11.8 Å². The number of nitrogens with zero attached hydrogens (tertiary/aromatic N) is 1. The summed E-state index contributed by atoms with van der Waals surface area (Å²) in [6, 6.07) is 16.7. The van der Waals surface area contributed by atoms with Gasteiger partial charge in [0.1, 0.15) is 5.92 Å². The van der Waals surface area contributed by atoms with Gasteiger partial charge in [-0.1, -0.05) is 59.8 Å². The highest BCUT2D eigenvalue weighted by Crippen LogP contribution is 2.40. The number of esters is 1. The molecule has 2 atom stereocenters. The summed E-state index contributed by atoms with van der Waals surface area (Å²) in [7, 11) is 1.20. The molecule has 2 aromatic carbocycles. The average Bonchev–Trinajstić information content (AvgIpc) is 2.79. The number of carbonyl (C=O) groups excluding carboxylic acids is 3. The summed E-state index contributed by atoms with van der Waals surface area (Å²) >= 11 is 1.05. The quantitative estimate of drug-likeness (QED) is 0.517. The van der Waals surface area contributed by atoms with E-state index in [9.17, 15) is 19.6 Å². The summed E-state index contributed by atoms with van der Waals surface area (Å²) in [5.41, 5.74) is 3.60. The molecule has 0 aliphatic carbocycles. The number of hydrogen-bond acceptors (Lipinski definition) is 6. The highest BCUT2D eigenvalue weighted by Gasteiger charge is 2.44. The van der Waals surface area contributed by atoms with E-state index in [4.69, 9.17) is 4.74 Å². The van der Waals surface area contributed by atoms with Crippen LogP contribution in [0.15, 0.2) is 59.1 Å². The number of benzene rings is 2. The van der Waals surface area contributed by atoms with Crippen LogP contribution in [0.5, 0.6) is 0 Å². The number of methoxy groups -OCH3 is 1. The van der Waals surface area contributed by atoms with Crippen LogP contribution in [0, 0.1) is 31.1 Å². The third-order valence-corrected chi connectivity index (χ3v) is 6.16. The average molecular weight is 450 g/mol. The van der Waals surface area contributed by atoms with Crippen molar-refractivity contribution in [2.45, 2.75) is 19.8 Å². The molecule has 1 aliphatic rings. The Morgan fingerprint density at radius 2 is 1.91 bits per heavy atom. The molecule has 0 fully saturated rings. The maximum atomic E-state index is 12.8. The van der Waals surface area contributed by atoms with Gasteiger partial charge in [0.25, 0.3) is 0 Å². The monoisotopic (exact) mass is 449 g/mol. The lowest BCUT2D eigenvalue weighted by Gasteiger charge is -2.30. The van der Waals surface area contributed by atoms with Crippen LogP contribution in [-0.4, -0.2) is 30.6 Å². The summed E-state index contributed by atoms with van der Waals surface area (Å²) in [6.45, 7) is 3.88. The first-order valence-electron chi connectivity index (χ1n) is 9.93. The number of thioether (sulfide) groups is 1. The lowest BCUT2D eigenvalue weighted by Crippen LogP contribution is -2.44. The molecular formula is C24H23N3O4S. The molecule has 8 heteroatoms. The number of anilines is 1. The SMILES string of the molecule is COC(=O)[C@@H]1C(=O)NC(SCC(=O)Nc2ccc(C)cc2C)=C(C#N)[C@H]1c1ccccc1. The fraction of sp³-hybridized carbons (Fsp3) is 0.250. The van der Waals surface area contributed by atoms with E-state index >= 15 is 0 Å². The molecule has 2 amide bonds. The summed E-state index contributed by atoms with van der Waals surface area (Å²) in [4.78, 5) is 37.7. The summed E-state index contributed by atoms with van der Waals surface area (Å²) in [5.74, 6) is -3.56. The van der Waals surface area contributed by atoms with Gasteiger partial charge < -0.3 is 15.4 Å². The third kappa shape index (κ3) is 5.01. The van der Waals surface area contributed by atoms with Crippen LogP contribution in [0.4, 0.5) is 5.69 Å². The van der Waals surface area contributed by atoms with Gasteiger partial charge in [0, 0.05) is 11.6 Å². The molecule has 0 unspecified atom stereocenters. The molecule has 164 valence electrons. The van der Waals surface area contributed by atoms with E-state index in [0.29, 0.717) is 11.3 Å². The molecule has 1 aliphatic heterocycles. The molecule has 3 rings (SSSR count). The summed E-state index contributed by atoms with van der Waals surface area (Å²) in [6.07, 6.45) is 0. The molecule has 0 saturated heterocycles. The number of amides is 2. The third-order valence-electron chi connectivity index (χ3n) is 5.15. The molecule has 0 bridgehead atoms. The van der Waals surface area contributed by atoms with Gasteiger partial charge in [-0.05, 0) is 31.0 Å². The molecule has 0 aromatic heterocycles. The summed E-state index contributed by atoms with van der Waals surface area (Å²) in [5, 5.41) is 15.6. The van der Waals surface area contributed by atoms with E-state index in [1.807, 2.05) is 38.1 Å². The normalized spacial score (nSPS) is 17.9. The zero-order chi connectivity index (χ0) is 23.3. The second-order valence-corrected chi connectivity index (χ2v) is 8.37. The standard InChI is InChI=1S/C24H23N3O4S/c1-14-9-10-18(15(2)11-14)26-19(28)13-32-23-17(12-25)20(16-7-5-4-6-8-16)21(22(29)27-23)24(30)31-3/h4-11,20-21H,13H2,1-3H3,(H,26,28)(H,27,29)/t20-,21+/m1/s1. The van der Waals surface area contributed by atoms with E-state index in [2.05, 4.69) is 16.7 Å². The van der Waals surface area contributed by atoms with Crippen molar-refractivity contribution in [3.63, 3.8) is 0 Å². The van der Waals surface area contributed by atoms with Gasteiger partial charge in [-0.2, -0.15) is 5.26 Å². The van der Waals surface area contributed by atoms with Gasteiger partial charge >= 0.3 is 5.97 Å². The minimum absolute atomic E-state index is 0.0154. The predicted molar refractivity (Wildman–Crippen MR) is 122 cm³/mol. The Labute approximate surface area is 190 Å². The fourth-order valence-electron chi connectivity index (χ4n) is 3.62. The van der Waals surface area contributed by atoms with E-state index in [1.54, 1.807) is 24.3 Å². The van der Waals surface area contributed by atoms with Gasteiger partial charge in [0.05, 0.1) is 29.5 Å². The molecule has 0 saturated carbocycles. The van der Waals surface area contributed by atoms with Gasteiger partial charge in [0.2, 0.25) is 11.8 Å². The number of hydrogen-bond donors (Lipinski definition) is 2. The van der Waals surface area contributed by atoms with Gasteiger partial charge in [-0.25, -0.2) is 0 Å². The zero-order valence-corrected chi connectivity index (χ0v) is 18.8. The van der Waals surface area contributed by atoms with Crippen LogP contribution in [0.2, 0.25) is 0 Å². The van der Waals surface area contributed by atoms with E-state index in [1.165, 1.54) is 7.11 Å². The smallest absolute Gasteiger partial charge is 0.319 e.